The first-order chi connectivity index (χ1) is 9.36. The van der Waals surface area contributed by atoms with E-state index in [1.54, 1.807) is 0 Å². The van der Waals surface area contributed by atoms with E-state index in [2.05, 4.69) is 38.1 Å². The first-order valence-electron chi connectivity index (χ1n) is 6.13. The monoisotopic (exact) mass is 254 g/mol. The van der Waals surface area contributed by atoms with Crippen molar-refractivity contribution in [3.8, 4) is 0 Å². The number of rotatable bonds is 4. The van der Waals surface area contributed by atoms with Gasteiger partial charge in [0.05, 0.1) is 5.69 Å². The lowest BCUT2D eigenvalue weighted by Crippen LogP contribution is -2.19. The summed E-state index contributed by atoms with van der Waals surface area (Å²) < 4.78 is 1.45. The Morgan fingerprint density at radius 3 is 2.79 bits per heavy atom. The summed E-state index contributed by atoms with van der Waals surface area (Å²) in [5.74, 6) is 0. The predicted molar refractivity (Wildman–Crippen MR) is 70.5 cm³/mol. The van der Waals surface area contributed by atoms with Crippen LogP contribution in [0, 0.1) is 0 Å². The second-order valence-corrected chi connectivity index (χ2v) is 4.31. The Morgan fingerprint density at radius 1 is 1.16 bits per heavy atom. The molecule has 0 amide bonds. The van der Waals surface area contributed by atoms with Gasteiger partial charge in [0, 0.05) is 12.5 Å². The lowest BCUT2D eigenvalue weighted by molar-refractivity contribution is 0.572. The molecule has 1 atom stereocenters. The molecule has 1 unspecified atom stereocenters. The summed E-state index contributed by atoms with van der Waals surface area (Å²) in [5, 5.41) is 18.9. The van der Waals surface area contributed by atoms with E-state index in [4.69, 9.17) is 0 Å². The van der Waals surface area contributed by atoms with Crippen LogP contribution in [0.5, 0.6) is 0 Å². The van der Waals surface area contributed by atoms with Crippen molar-refractivity contribution in [2.75, 3.05) is 7.05 Å². The molecule has 0 aliphatic heterocycles. The molecule has 0 fully saturated rings. The van der Waals surface area contributed by atoms with Crippen LogP contribution in [-0.4, -0.2) is 32.3 Å². The number of benzene rings is 1. The molecule has 6 heteroatoms. The van der Waals surface area contributed by atoms with Gasteiger partial charge in [-0.25, -0.2) is 0 Å². The summed E-state index contributed by atoms with van der Waals surface area (Å²) in [6.45, 7) is 0. The molecule has 0 aliphatic carbocycles. The third-order valence-electron chi connectivity index (χ3n) is 3.09. The summed E-state index contributed by atoms with van der Waals surface area (Å²) in [4.78, 5) is 0. The quantitative estimate of drug-likeness (QED) is 0.753. The van der Waals surface area contributed by atoms with Gasteiger partial charge in [0.2, 0.25) is 0 Å². The van der Waals surface area contributed by atoms with E-state index in [0.29, 0.717) is 5.65 Å². The van der Waals surface area contributed by atoms with Crippen LogP contribution >= 0.6 is 0 Å². The molecule has 6 nitrogen and oxygen atoms in total. The molecule has 2 heterocycles. The van der Waals surface area contributed by atoms with E-state index < -0.39 is 0 Å². The van der Waals surface area contributed by atoms with E-state index in [-0.39, 0.29) is 6.04 Å². The van der Waals surface area contributed by atoms with Crippen molar-refractivity contribution in [1.82, 2.24) is 30.6 Å². The number of nitrogens with one attached hydrogen (secondary N) is 1. The van der Waals surface area contributed by atoms with Gasteiger partial charge in [0.15, 0.2) is 5.65 Å². The minimum Gasteiger partial charge on any atom is -0.313 e. The Hall–Kier alpha value is -2.34. The lowest BCUT2D eigenvalue weighted by Gasteiger charge is -2.15. The first-order valence-corrected chi connectivity index (χ1v) is 6.13. The first kappa shape index (κ1) is 11.7. The summed E-state index contributed by atoms with van der Waals surface area (Å²) in [6.07, 6.45) is 0.788. The van der Waals surface area contributed by atoms with Crippen molar-refractivity contribution in [2.24, 2.45) is 0 Å². The average molecular weight is 254 g/mol. The maximum Gasteiger partial charge on any atom is 0.199 e. The highest BCUT2D eigenvalue weighted by Gasteiger charge is 2.11. The van der Waals surface area contributed by atoms with Crippen molar-refractivity contribution in [1.29, 1.82) is 0 Å². The smallest absolute Gasteiger partial charge is 0.199 e. The van der Waals surface area contributed by atoms with Crippen LogP contribution in [0.4, 0.5) is 0 Å². The molecule has 0 bridgehead atoms. The maximum atomic E-state index is 4.39. The van der Waals surface area contributed by atoms with Crippen molar-refractivity contribution in [2.45, 2.75) is 12.5 Å². The maximum absolute atomic E-state index is 4.39. The fourth-order valence-corrected chi connectivity index (χ4v) is 2.08. The zero-order valence-corrected chi connectivity index (χ0v) is 10.6. The fourth-order valence-electron chi connectivity index (χ4n) is 2.08. The van der Waals surface area contributed by atoms with Gasteiger partial charge in [-0.1, -0.05) is 30.3 Å². The average Bonchev–Trinajstić information content (AvgIpc) is 2.93. The van der Waals surface area contributed by atoms with Gasteiger partial charge in [-0.15, -0.1) is 9.73 Å². The zero-order valence-electron chi connectivity index (χ0n) is 10.6. The predicted octanol–water partition coefficient (Wildman–Crippen LogP) is 1.02. The topological polar surface area (TPSA) is 68.0 Å². The normalized spacial score (nSPS) is 12.7. The molecule has 0 aliphatic rings. The molecule has 2 aromatic heterocycles. The number of fused-ring (bicyclic) bond motifs is 1. The van der Waals surface area contributed by atoms with Crippen LogP contribution in [0.25, 0.3) is 5.65 Å². The zero-order chi connectivity index (χ0) is 13.1. The summed E-state index contributed by atoms with van der Waals surface area (Å²) in [7, 11) is 1.95. The van der Waals surface area contributed by atoms with Crippen molar-refractivity contribution in [3.63, 3.8) is 0 Å². The van der Waals surface area contributed by atoms with E-state index in [9.17, 15) is 0 Å². The molecule has 1 aromatic carbocycles. The molecule has 0 saturated heterocycles. The number of hydrogen-bond acceptors (Lipinski definition) is 5. The second kappa shape index (κ2) is 5.11. The van der Waals surface area contributed by atoms with Crippen LogP contribution in [-0.2, 0) is 6.42 Å². The number of likely N-dealkylation sites (N-methyl/N-ethyl adjacent to an activating group) is 1. The molecule has 1 N–H and O–H groups in total. The van der Waals surface area contributed by atoms with E-state index in [1.165, 1.54) is 10.2 Å². The minimum atomic E-state index is 0.225. The Bertz CT molecular complexity index is 663. The standard InChI is InChI=1S/C13H14N6/c1-14-12(10-5-3-2-4-6-10)9-11-7-8-13-15-17-18-19(13)16-11/h2-8,12,14H,9H2,1H3. The van der Waals surface area contributed by atoms with Gasteiger partial charge >= 0.3 is 0 Å². The lowest BCUT2D eigenvalue weighted by atomic mass is 10.0. The Kier molecular flexibility index (Phi) is 3.16. The molecule has 96 valence electrons. The number of aromatic nitrogens is 5. The highest BCUT2D eigenvalue weighted by atomic mass is 15.6. The molecular formula is C13H14N6. The van der Waals surface area contributed by atoms with Gasteiger partial charge in [-0.05, 0) is 35.2 Å². The molecule has 3 aromatic rings. The third kappa shape index (κ3) is 2.43. The third-order valence-corrected chi connectivity index (χ3v) is 3.09. The SMILES string of the molecule is CNC(Cc1ccc2nnnn2n1)c1ccccc1. The number of nitrogens with zero attached hydrogens (tertiary/aromatic N) is 5. The number of hydrogen-bond donors (Lipinski definition) is 1. The van der Waals surface area contributed by atoms with Gasteiger partial charge in [0.25, 0.3) is 0 Å². The van der Waals surface area contributed by atoms with E-state index in [0.717, 1.165) is 12.1 Å². The van der Waals surface area contributed by atoms with Gasteiger partial charge < -0.3 is 5.32 Å². The summed E-state index contributed by atoms with van der Waals surface area (Å²) in [5.41, 5.74) is 2.84. The molecule has 0 spiro atoms. The van der Waals surface area contributed by atoms with Crippen LogP contribution in [0.1, 0.15) is 17.3 Å². The highest BCUT2D eigenvalue weighted by molar-refractivity contribution is 5.33. The molecule has 3 rings (SSSR count). The largest absolute Gasteiger partial charge is 0.313 e. The molecular weight excluding hydrogens is 240 g/mol. The molecule has 0 radical (unpaired) electrons. The van der Waals surface area contributed by atoms with Crippen LogP contribution < -0.4 is 5.32 Å². The van der Waals surface area contributed by atoms with Gasteiger partial charge in [-0.2, -0.15) is 5.10 Å². The van der Waals surface area contributed by atoms with Gasteiger partial charge in [0.1, 0.15) is 0 Å². The van der Waals surface area contributed by atoms with Crippen LogP contribution in [0.15, 0.2) is 42.5 Å². The Labute approximate surface area is 110 Å². The second-order valence-electron chi connectivity index (χ2n) is 4.31. The summed E-state index contributed by atoms with van der Waals surface area (Å²) in [6, 6.07) is 14.4. The minimum absolute atomic E-state index is 0.225. The van der Waals surface area contributed by atoms with Crippen LogP contribution in [0.3, 0.4) is 0 Å². The van der Waals surface area contributed by atoms with Crippen LogP contribution in [0.2, 0.25) is 0 Å². The van der Waals surface area contributed by atoms with Crippen molar-refractivity contribution >= 4 is 5.65 Å². The van der Waals surface area contributed by atoms with E-state index in [1.807, 2.05) is 37.4 Å². The fraction of sp³-hybridized carbons (Fsp3) is 0.231. The Morgan fingerprint density at radius 2 is 2.00 bits per heavy atom. The number of tetrazole rings is 1. The van der Waals surface area contributed by atoms with Crippen molar-refractivity contribution < 1.29 is 0 Å². The highest BCUT2D eigenvalue weighted by Crippen LogP contribution is 2.16. The van der Waals surface area contributed by atoms with E-state index >= 15 is 0 Å². The van der Waals surface area contributed by atoms with Crippen molar-refractivity contribution in [3.05, 3.63) is 53.7 Å². The summed E-state index contributed by atoms with van der Waals surface area (Å²) >= 11 is 0. The molecule has 0 saturated carbocycles. The Balaban J connectivity index is 1.86. The van der Waals surface area contributed by atoms with Gasteiger partial charge in [-0.3, -0.25) is 0 Å². The molecule has 19 heavy (non-hydrogen) atoms.